The van der Waals surface area contributed by atoms with Crippen molar-refractivity contribution in [3.63, 3.8) is 0 Å². The number of nitrogens with zero attached hydrogens (tertiary/aromatic N) is 3. The van der Waals surface area contributed by atoms with Crippen LogP contribution >= 0.6 is 11.6 Å². The van der Waals surface area contributed by atoms with Crippen molar-refractivity contribution in [3.8, 4) is 17.0 Å². The van der Waals surface area contributed by atoms with E-state index in [1.807, 2.05) is 58.0 Å². The fourth-order valence-electron chi connectivity index (χ4n) is 5.95. The lowest BCUT2D eigenvalue weighted by Crippen LogP contribution is -2.54. The highest BCUT2D eigenvalue weighted by molar-refractivity contribution is 6.30. The number of hydrogen-bond donors (Lipinski definition) is 2. The van der Waals surface area contributed by atoms with Crippen LogP contribution in [0.4, 0.5) is 0 Å². The van der Waals surface area contributed by atoms with Gasteiger partial charge in [-0.1, -0.05) is 60.8 Å². The highest BCUT2D eigenvalue weighted by atomic mass is 35.5. The number of methoxy groups -OCH3 is 1. The van der Waals surface area contributed by atoms with E-state index in [9.17, 15) is 9.90 Å². The number of aliphatic hydroxyl groups is 1. The summed E-state index contributed by atoms with van der Waals surface area (Å²) in [5.41, 5.74) is 1.04. The number of ether oxygens (including phenoxy) is 2. The number of rotatable bonds is 9. The average molecular weight is 553 g/mol. The molecule has 5 rings (SSSR count). The van der Waals surface area contributed by atoms with E-state index in [0.717, 1.165) is 37.1 Å². The predicted molar refractivity (Wildman–Crippen MR) is 151 cm³/mol. The molecule has 2 aliphatic rings. The van der Waals surface area contributed by atoms with Crippen LogP contribution in [0.15, 0.2) is 60.9 Å². The van der Waals surface area contributed by atoms with Gasteiger partial charge in [0.2, 0.25) is 0 Å². The Morgan fingerprint density at radius 2 is 2.05 bits per heavy atom. The van der Waals surface area contributed by atoms with Gasteiger partial charge in [-0.05, 0) is 31.0 Å². The van der Waals surface area contributed by atoms with E-state index in [1.165, 1.54) is 0 Å². The van der Waals surface area contributed by atoms with Gasteiger partial charge in [-0.25, -0.2) is 4.98 Å². The number of piperazine rings is 1. The van der Waals surface area contributed by atoms with Gasteiger partial charge in [-0.3, -0.25) is 4.79 Å². The summed E-state index contributed by atoms with van der Waals surface area (Å²) in [4.78, 5) is 20.8. The van der Waals surface area contributed by atoms with E-state index < -0.39 is 5.60 Å². The van der Waals surface area contributed by atoms with Crippen LogP contribution in [0, 0.1) is 0 Å². The molecule has 2 aromatic carbocycles. The van der Waals surface area contributed by atoms with Gasteiger partial charge in [0.1, 0.15) is 11.4 Å². The highest BCUT2D eigenvalue weighted by Gasteiger charge is 2.42. The lowest BCUT2D eigenvalue weighted by molar-refractivity contribution is -0.0893. The number of carbonyl (C=O) groups is 1. The molecule has 1 aliphatic heterocycles. The van der Waals surface area contributed by atoms with Gasteiger partial charge in [0.25, 0.3) is 5.91 Å². The fourth-order valence-corrected chi connectivity index (χ4v) is 6.13. The predicted octanol–water partition coefficient (Wildman–Crippen LogP) is 4.58. The Morgan fingerprint density at radius 1 is 1.21 bits per heavy atom. The van der Waals surface area contributed by atoms with Crippen molar-refractivity contribution < 1.29 is 19.4 Å². The first-order valence-corrected chi connectivity index (χ1v) is 14.1. The first-order chi connectivity index (χ1) is 19.0. The molecule has 39 heavy (non-hydrogen) atoms. The number of hydrogen-bond acceptors (Lipinski definition) is 6. The quantitative estimate of drug-likeness (QED) is 0.404. The third-order valence-corrected chi connectivity index (χ3v) is 8.09. The lowest BCUT2D eigenvalue weighted by atomic mass is 9.80. The summed E-state index contributed by atoms with van der Waals surface area (Å²) in [6.45, 7) is 2.68. The Hall–Kier alpha value is -2.91. The van der Waals surface area contributed by atoms with Crippen molar-refractivity contribution in [1.82, 2.24) is 19.8 Å². The first-order valence-electron chi connectivity index (χ1n) is 13.7. The largest absolute Gasteiger partial charge is 0.493 e. The smallest absolute Gasteiger partial charge is 0.275 e. The molecule has 2 N–H and O–H groups in total. The van der Waals surface area contributed by atoms with Crippen molar-refractivity contribution >= 4 is 17.5 Å². The normalized spacial score (nSPS) is 23.5. The van der Waals surface area contributed by atoms with E-state index in [0.29, 0.717) is 49.0 Å². The van der Waals surface area contributed by atoms with Crippen molar-refractivity contribution in [3.05, 3.63) is 71.6 Å². The van der Waals surface area contributed by atoms with Crippen LogP contribution in [0.25, 0.3) is 11.3 Å². The first kappa shape index (κ1) is 27.6. The molecule has 1 saturated heterocycles. The molecule has 8 nitrogen and oxygen atoms in total. The van der Waals surface area contributed by atoms with E-state index in [2.05, 4.69) is 5.32 Å². The minimum atomic E-state index is -1.02. The second-order valence-electron chi connectivity index (χ2n) is 10.5. The maximum atomic E-state index is 14.1. The van der Waals surface area contributed by atoms with Crippen LogP contribution in [0.2, 0.25) is 5.02 Å². The summed E-state index contributed by atoms with van der Waals surface area (Å²) in [5, 5.41) is 15.6. The minimum Gasteiger partial charge on any atom is -0.493 e. The summed E-state index contributed by atoms with van der Waals surface area (Å²) in [5.74, 6) is 0.609. The summed E-state index contributed by atoms with van der Waals surface area (Å²) < 4.78 is 13.4. The number of amides is 1. The molecule has 3 aromatic rings. The van der Waals surface area contributed by atoms with Gasteiger partial charge in [0.15, 0.2) is 5.69 Å². The lowest BCUT2D eigenvalue weighted by Gasteiger charge is -2.41. The monoisotopic (exact) mass is 552 g/mol. The number of benzene rings is 2. The second kappa shape index (κ2) is 12.5. The topological polar surface area (TPSA) is 88.8 Å². The number of aromatic nitrogens is 2. The third-order valence-electron chi connectivity index (χ3n) is 7.86. The van der Waals surface area contributed by atoms with Crippen LogP contribution < -0.4 is 10.1 Å². The van der Waals surface area contributed by atoms with Gasteiger partial charge >= 0.3 is 0 Å². The third kappa shape index (κ3) is 6.14. The van der Waals surface area contributed by atoms with Gasteiger partial charge in [0.05, 0.1) is 31.3 Å². The van der Waals surface area contributed by atoms with Crippen LogP contribution in [0.1, 0.15) is 48.6 Å². The summed E-state index contributed by atoms with van der Waals surface area (Å²) >= 11 is 6.09. The Balaban J connectivity index is 1.42. The summed E-state index contributed by atoms with van der Waals surface area (Å²) in [6.07, 6.45) is 5.78. The molecule has 9 heteroatoms. The zero-order chi connectivity index (χ0) is 27.2. The summed E-state index contributed by atoms with van der Waals surface area (Å²) in [7, 11) is 1.62. The Bertz CT molecular complexity index is 1250. The van der Waals surface area contributed by atoms with Crippen molar-refractivity contribution in [2.45, 2.75) is 49.8 Å². The molecule has 3 atom stereocenters. The summed E-state index contributed by atoms with van der Waals surface area (Å²) in [6, 6.07) is 16.9. The molecule has 0 unspecified atom stereocenters. The molecular weight excluding hydrogens is 516 g/mol. The number of carbonyl (C=O) groups excluding carboxylic acids is 1. The molecule has 0 radical (unpaired) electrons. The number of imidazole rings is 1. The maximum absolute atomic E-state index is 14.1. The molecule has 2 heterocycles. The van der Waals surface area contributed by atoms with Gasteiger partial charge in [-0.2, -0.15) is 0 Å². The van der Waals surface area contributed by atoms with Gasteiger partial charge in [-0.15, -0.1) is 0 Å². The molecule has 1 amide bonds. The highest BCUT2D eigenvalue weighted by Crippen LogP contribution is 2.41. The van der Waals surface area contributed by atoms with E-state index >= 15 is 0 Å². The Labute approximate surface area is 234 Å². The van der Waals surface area contributed by atoms with E-state index in [4.69, 9.17) is 26.1 Å². The molecule has 0 spiro atoms. The average Bonchev–Trinajstić information content (AvgIpc) is 3.38. The molecule has 208 valence electrons. The molecule has 1 saturated carbocycles. The van der Waals surface area contributed by atoms with Crippen LogP contribution in [-0.4, -0.2) is 77.1 Å². The van der Waals surface area contributed by atoms with Gasteiger partial charge < -0.3 is 29.4 Å². The number of nitrogens with one attached hydrogen (secondary N) is 1. The van der Waals surface area contributed by atoms with Crippen LogP contribution in [-0.2, 0) is 4.74 Å². The standard InChI is InChI=1S/C30H37ClN4O4/c1-38-20-30(37)14-6-5-12-26(30)35-21-33-27(28(35)22-8-3-2-4-9-22)29(36)34-16-15-32-19-24(34)13-17-39-25-11-7-10-23(31)18-25/h2-4,7-11,18,21,24,26,32,37H,5-6,12-17,19-20H2,1H3/t24-,26-,30-/m1/s1. The van der Waals surface area contributed by atoms with Crippen molar-refractivity contribution in [2.75, 3.05) is 40.0 Å². The minimum absolute atomic E-state index is 0.0423. The zero-order valence-corrected chi connectivity index (χ0v) is 23.1. The Morgan fingerprint density at radius 3 is 2.85 bits per heavy atom. The molecule has 1 aromatic heterocycles. The van der Waals surface area contributed by atoms with E-state index in [1.54, 1.807) is 19.5 Å². The molecule has 1 aliphatic carbocycles. The van der Waals surface area contributed by atoms with Crippen molar-refractivity contribution in [2.24, 2.45) is 0 Å². The maximum Gasteiger partial charge on any atom is 0.275 e. The molecule has 0 bridgehead atoms. The number of halogens is 1. The Kier molecular flexibility index (Phi) is 8.87. The van der Waals surface area contributed by atoms with Crippen LogP contribution in [0.5, 0.6) is 5.75 Å². The fraction of sp³-hybridized carbons (Fsp3) is 0.467. The van der Waals surface area contributed by atoms with E-state index in [-0.39, 0.29) is 24.6 Å². The van der Waals surface area contributed by atoms with Crippen LogP contribution in [0.3, 0.4) is 0 Å². The SMILES string of the molecule is COC[C@]1(O)CCCC[C@H]1n1cnc(C(=O)N2CCNC[C@H]2CCOc2cccc(Cl)c2)c1-c1ccccc1. The second-order valence-corrected chi connectivity index (χ2v) is 10.9. The molecular formula is C30H37ClN4O4. The zero-order valence-electron chi connectivity index (χ0n) is 22.4. The van der Waals surface area contributed by atoms with Gasteiger partial charge in [0, 0.05) is 49.8 Å². The van der Waals surface area contributed by atoms with Crippen molar-refractivity contribution in [1.29, 1.82) is 0 Å². The molecule has 2 fully saturated rings.